The van der Waals surface area contributed by atoms with E-state index in [2.05, 4.69) is 4.98 Å². The van der Waals surface area contributed by atoms with Crippen molar-refractivity contribution in [3.8, 4) is 17.2 Å². The third-order valence-electron chi connectivity index (χ3n) is 8.13. The van der Waals surface area contributed by atoms with Crippen LogP contribution in [-0.4, -0.2) is 97.1 Å². The third-order valence-corrected chi connectivity index (χ3v) is 8.87. The largest absolute Gasteiger partial charge is 0.507 e. The van der Waals surface area contributed by atoms with Gasteiger partial charge in [0.15, 0.2) is 17.9 Å². The molecule has 5 rings (SSSR count). The van der Waals surface area contributed by atoms with E-state index in [-0.39, 0.29) is 40.5 Å². The molecule has 0 amide bonds. The van der Waals surface area contributed by atoms with Gasteiger partial charge in [-0.2, -0.15) is 0 Å². The van der Waals surface area contributed by atoms with Crippen molar-refractivity contribution in [2.75, 3.05) is 13.7 Å². The van der Waals surface area contributed by atoms with Gasteiger partial charge in [-0.15, -0.1) is 0 Å². The molecule has 2 aromatic carbocycles. The molecular weight excluding hydrogens is 542 g/mol. The van der Waals surface area contributed by atoms with Gasteiger partial charge in [0.2, 0.25) is 5.78 Å². The number of rotatable bonds is 6. The number of benzene rings is 2. The van der Waals surface area contributed by atoms with E-state index in [1.807, 2.05) is 0 Å². The van der Waals surface area contributed by atoms with Gasteiger partial charge in [-0.25, -0.2) is 0 Å². The lowest BCUT2D eigenvalue weighted by Gasteiger charge is -2.42. The summed E-state index contributed by atoms with van der Waals surface area (Å²) in [7, 11) is 1.90. The van der Waals surface area contributed by atoms with Crippen LogP contribution in [0.15, 0.2) is 18.2 Å². The molecule has 13 heteroatoms. The summed E-state index contributed by atoms with van der Waals surface area (Å²) in [5, 5.41) is 54.2. The molecule has 12 nitrogen and oxygen atoms in total. The molecule has 6 N–H and O–H groups in total. The maximum absolute atomic E-state index is 13.7. The highest BCUT2D eigenvalue weighted by Crippen LogP contribution is 2.52. The number of ether oxygens (including phenoxy) is 3. The van der Waals surface area contributed by atoms with Gasteiger partial charge >= 0.3 is 0 Å². The molecule has 4 unspecified atom stereocenters. The SMILES string of the molecule is COc1cccc2c1C(=O)c1c(O)c3c(c(O)c1C2=O)C[C@@](O)(C(=O)CO)C[C@@H]3OC1CC(N[SiH3])C(O)C(C)O1. The van der Waals surface area contributed by atoms with Crippen LogP contribution in [0.25, 0.3) is 0 Å². The summed E-state index contributed by atoms with van der Waals surface area (Å²) in [6, 6.07) is 4.03. The Kier molecular flexibility index (Phi) is 7.33. The molecular formula is C27H31NO11Si. The number of phenols is 2. The average Bonchev–Trinajstić information content (AvgIpc) is 2.94. The van der Waals surface area contributed by atoms with E-state index in [1.165, 1.54) is 25.3 Å². The minimum Gasteiger partial charge on any atom is -0.507 e. The molecule has 0 aromatic heterocycles. The summed E-state index contributed by atoms with van der Waals surface area (Å²) in [6.07, 6.45) is -4.52. The number of Topliss-reactive ketones (excluding diaryl/α,β-unsaturated/α-hetero) is 1. The Labute approximate surface area is 232 Å². The Morgan fingerprint density at radius 1 is 1.18 bits per heavy atom. The summed E-state index contributed by atoms with van der Waals surface area (Å²) in [4.78, 5) is 43.0. The van der Waals surface area contributed by atoms with Gasteiger partial charge < -0.3 is 44.7 Å². The van der Waals surface area contributed by atoms with Crippen LogP contribution in [0.3, 0.4) is 0 Å². The van der Waals surface area contributed by atoms with Gasteiger partial charge in [0.1, 0.15) is 29.5 Å². The average molecular weight is 574 g/mol. The number of ketones is 3. The van der Waals surface area contributed by atoms with Crippen LogP contribution >= 0.6 is 0 Å². The molecule has 0 radical (unpaired) electrons. The zero-order chi connectivity index (χ0) is 29.1. The standard InChI is InChI=1S/C27H31NO11Si/c1-10-22(31)13(28-40)6-17(38-10)39-15-8-27(36,16(30)9-29)7-12-19(15)26(35)21-20(24(12)33)23(32)11-4-3-5-14(37-2)18(11)25(21)34/h3-5,10,13,15,17,22,28-29,31,33,35-36H,6-9H2,1-2,40H3/t10?,13?,15-,17?,22?,27-/m0/s1. The Balaban J connectivity index is 1.68. The van der Waals surface area contributed by atoms with Crippen LogP contribution in [0.2, 0.25) is 0 Å². The Bertz CT molecular complexity index is 1410. The fourth-order valence-corrected chi connectivity index (χ4v) is 6.58. The topological polar surface area (TPSA) is 192 Å². The number of fused-ring (bicyclic) bond motifs is 3. The smallest absolute Gasteiger partial charge is 0.202 e. The summed E-state index contributed by atoms with van der Waals surface area (Å²) < 4.78 is 17.2. The number of aliphatic hydroxyl groups is 3. The minimum absolute atomic E-state index is 0.0402. The van der Waals surface area contributed by atoms with Crippen molar-refractivity contribution in [3.05, 3.63) is 51.6 Å². The number of hydrogen-bond donors (Lipinski definition) is 6. The summed E-state index contributed by atoms with van der Waals surface area (Å²) in [6.45, 7) is 0.651. The van der Waals surface area contributed by atoms with E-state index in [1.54, 1.807) is 6.92 Å². The van der Waals surface area contributed by atoms with E-state index < -0.39 is 89.6 Å². The van der Waals surface area contributed by atoms with Crippen LogP contribution in [0.1, 0.15) is 68.8 Å². The van der Waals surface area contributed by atoms with Gasteiger partial charge in [0, 0.05) is 42.0 Å². The first kappa shape index (κ1) is 28.4. The molecule has 214 valence electrons. The van der Waals surface area contributed by atoms with Crippen LogP contribution < -0.4 is 9.72 Å². The summed E-state index contributed by atoms with van der Waals surface area (Å²) in [5.41, 5.74) is -3.48. The molecule has 1 fully saturated rings. The molecule has 0 saturated carbocycles. The zero-order valence-corrected chi connectivity index (χ0v) is 24.1. The Morgan fingerprint density at radius 2 is 1.88 bits per heavy atom. The van der Waals surface area contributed by atoms with Gasteiger partial charge in [0.05, 0.1) is 52.5 Å². The van der Waals surface area contributed by atoms with E-state index in [4.69, 9.17) is 14.2 Å². The number of methoxy groups -OCH3 is 1. The molecule has 2 aromatic rings. The van der Waals surface area contributed by atoms with E-state index in [9.17, 15) is 39.9 Å². The fraction of sp³-hybridized carbons (Fsp3) is 0.444. The van der Waals surface area contributed by atoms with Crippen molar-refractivity contribution in [1.29, 1.82) is 0 Å². The normalized spacial score (nSPS) is 29.5. The van der Waals surface area contributed by atoms with Gasteiger partial charge in [0.25, 0.3) is 0 Å². The number of hydrogen-bond acceptors (Lipinski definition) is 12. The monoisotopic (exact) mass is 573 g/mol. The van der Waals surface area contributed by atoms with Crippen LogP contribution in [0, 0.1) is 0 Å². The molecule has 3 aliphatic rings. The van der Waals surface area contributed by atoms with Crippen LogP contribution in [0.5, 0.6) is 17.2 Å². The van der Waals surface area contributed by atoms with Crippen LogP contribution in [-0.2, 0) is 20.7 Å². The number of phenolic OH excluding ortho intramolecular Hbond substituents is 2. The molecule has 0 spiro atoms. The number of carbonyl (C=O) groups is 3. The Hall–Kier alpha value is -3.17. The molecule has 2 aliphatic carbocycles. The minimum atomic E-state index is -2.22. The molecule has 1 saturated heterocycles. The maximum atomic E-state index is 13.7. The van der Waals surface area contributed by atoms with E-state index >= 15 is 0 Å². The van der Waals surface area contributed by atoms with Crippen molar-refractivity contribution in [3.63, 3.8) is 0 Å². The number of nitrogens with one attached hydrogen (secondary N) is 1. The first-order valence-corrected chi connectivity index (χ1v) is 13.9. The van der Waals surface area contributed by atoms with Gasteiger partial charge in [-0.05, 0) is 13.0 Å². The molecule has 1 heterocycles. The van der Waals surface area contributed by atoms with Crippen molar-refractivity contribution in [2.24, 2.45) is 0 Å². The molecule has 40 heavy (non-hydrogen) atoms. The number of aliphatic hydroxyl groups excluding tert-OH is 2. The first-order chi connectivity index (χ1) is 19.0. The quantitative estimate of drug-likeness (QED) is 0.155. The Morgan fingerprint density at radius 3 is 2.52 bits per heavy atom. The lowest BCUT2D eigenvalue weighted by Crippen LogP contribution is -2.54. The van der Waals surface area contributed by atoms with Crippen molar-refractivity contribution >= 4 is 27.8 Å². The predicted molar refractivity (Wildman–Crippen MR) is 141 cm³/mol. The van der Waals surface area contributed by atoms with E-state index in [0.717, 1.165) is 0 Å². The van der Waals surface area contributed by atoms with Crippen molar-refractivity contribution in [1.82, 2.24) is 4.98 Å². The molecule has 0 bridgehead atoms. The van der Waals surface area contributed by atoms with Gasteiger partial charge in [-0.3, -0.25) is 14.4 Å². The van der Waals surface area contributed by atoms with Crippen molar-refractivity contribution in [2.45, 2.75) is 62.4 Å². The van der Waals surface area contributed by atoms with Crippen molar-refractivity contribution < 1.29 is 54.1 Å². The van der Waals surface area contributed by atoms with Gasteiger partial charge in [-0.1, -0.05) is 12.1 Å². The third kappa shape index (κ3) is 4.25. The lowest BCUT2D eigenvalue weighted by atomic mass is 9.72. The second-order valence-corrected chi connectivity index (χ2v) is 11.0. The van der Waals surface area contributed by atoms with E-state index in [0.29, 0.717) is 10.4 Å². The zero-order valence-electron chi connectivity index (χ0n) is 22.1. The summed E-state index contributed by atoms with van der Waals surface area (Å²) >= 11 is 0. The second-order valence-electron chi connectivity index (χ2n) is 10.4. The fourth-order valence-electron chi connectivity index (χ4n) is 6.00. The number of carbonyl (C=O) groups excluding carboxylic acids is 3. The predicted octanol–water partition coefficient (Wildman–Crippen LogP) is -1.09. The molecule has 1 aliphatic heterocycles. The number of aromatic hydroxyl groups is 2. The summed E-state index contributed by atoms with van der Waals surface area (Å²) in [5.74, 6) is -3.66. The second kappa shape index (κ2) is 10.3. The van der Waals surface area contributed by atoms with Crippen LogP contribution in [0.4, 0.5) is 0 Å². The highest BCUT2D eigenvalue weighted by Gasteiger charge is 2.50. The first-order valence-electron chi connectivity index (χ1n) is 12.9. The highest BCUT2D eigenvalue weighted by molar-refractivity contribution is 6.31. The highest BCUT2D eigenvalue weighted by atomic mass is 28.2. The lowest BCUT2D eigenvalue weighted by molar-refractivity contribution is -0.248. The molecule has 6 atom stereocenters. The maximum Gasteiger partial charge on any atom is 0.202 e.